The highest BCUT2D eigenvalue weighted by Gasteiger charge is 2.60. The van der Waals surface area contributed by atoms with Crippen LogP contribution in [0.5, 0.6) is 0 Å². The number of amides is 11. The lowest BCUT2D eigenvalue weighted by atomic mass is 9.47. The van der Waals surface area contributed by atoms with Crippen molar-refractivity contribution in [2.45, 2.75) is 268 Å². The van der Waals surface area contributed by atoms with Gasteiger partial charge in [0.2, 0.25) is 53.2 Å². The zero-order chi connectivity index (χ0) is 89.1. The van der Waals surface area contributed by atoms with Gasteiger partial charge >= 0.3 is 6.09 Å². The van der Waals surface area contributed by atoms with Crippen LogP contribution in [0.2, 0.25) is 0 Å². The van der Waals surface area contributed by atoms with Crippen LogP contribution in [-0.4, -0.2) is 224 Å². The molecule has 11 amide bonds. The van der Waals surface area contributed by atoms with Crippen molar-refractivity contribution in [1.29, 1.82) is 0 Å². The molecule has 7 unspecified atom stereocenters. The van der Waals surface area contributed by atoms with Gasteiger partial charge in [-0.2, -0.15) is 25.3 Å². The maximum Gasteiger partial charge on any atom is 0.407 e. The summed E-state index contributed by atoms with van der Waals surface area (Å²) in [5.74, 6) is -3.86. The molecule has 28 nitrogen and oxygen atoms in total. The minimum absolute atomic E-state index is 0.0385. The summed E-state index contributed by atoms with van der Waals surface area (Å²) < 4.78 is 6.17. The van der Waals surface area contributed by atoms with Gasteiger partial charge in [0.1, 0.15) is 60.5 Å². The molecule has 0 bridgehead atoms. The van der Waals surface area contributed by atoms with Gasteiger partial charge in [-0.15, -0.1) is 0 Å². The summed E-state index contributed by atoms with van der Waals surface area (Å²) >= 11 is 8.80. The van der Waals surface area contributed by atoms with E-state index >= 15 is 14.4 Å². The molecule has 1 aromatic heterocycles. The number of aromatic amines is 1. The molecule has 0 radical (unpaired) electrons. The number of hydrogen-bond donors (Lipinski definition) is 15. The number of H-pyrrole nitrogens is 1. The lowest BCUT2D eigenvalue weighted by molar-refractivity contribution is -0.146. The molecule has 3 aliphatic heterocycles. The second kappa shape index (κ2) is 44.3. The van der Waals surface area contributed by atoms with Crippen molar-refractivity contribution in [2.24, 2.45) is 46.3 Å². The number of nitrogens with zero attached hydrogens (tertiary/aromatic N) is 3. The number of unbranched alkanes of at least 4 members (excludes halogenated alkanes) is 1. The molecule has 11 rings (SSSR count). The SMILES string of the molecule is CC(C)CCCC(C)C1CCC2C3CC=C4C[C@@H](OC(=O)NCCCC[C@H](NC(=O)[C@@H](Cc5c[nH]c6ccccc56)NC(=O)[C@H](Cc5ccccc5)NC(=O)[C@H](CS)NC(=O)[C@@H](Cc5ccccc5)NC(=O)[C@@H]5CCCN5C(=O)[C@@H]5CCCN5C(=O)C5=CN(C)C=CC5)C(=O)N[C@H](C(=O)N[C@@H](CS)C(=O)N[C@H](CO)[C@@H](C)O)[C@@H](C)O)CCC4(C)C3CCC12C. The Hall–Kier alpha value is -9.23. The molecule has 3 saturated carbocycles. The first-order chi connectivity index (χ1) is 59.4. The van der Waals surface area contributed by atoms with E-state index in [9.17, 15) is 53.7 Å². The van der Waals surface area contributed by atoms with E-state index in [-0.39, 0.29) is 92.9 Å². The smallest absolute Gasteiger partial charge is 0.407 e. The summed E-state index contributed by atoms with van der Waals surface area (Å²) in [7, 11) is 1.82. The monoisotopic (exact) mass is 1750 g/mol. The van der Waals surface area contributed by atoms with Gasteiger partial charge in [-0.05, 0) is 185 Å². The summed E-state index contributed by atoms with van der Waals surface area (Å²) in [6.45, 7) is 14.9. The molecule has 0 spiro atoms. The molecule has 4 aliphatic carbocycles. The predicted octanol–water partition coefficient (Wildman–Crippen LogP) is 7.71. The second-order valence-electron chi connectivity index (χ2n) is 36.7. The molecule has 124 heavy (non-hydrogen) atoms. The van der Waals surface area contributed by atoms with Gasteiger partial charge in [-0.1, -0.05) is 150 Å². The largest absolute Gasteiger partial charge is 0.446 e. The topological polar surface area (TPSA) is 391 Å². The van der Waals surface area contributed by atoms with Crippen molar-refractivity contribution < 1.29 is 72.8 Å². The van der Waals surface area contributed by atoms with Crippen LogP contribution >= 0.6 is 25.3 Å². The first-order valence-electron chi connectivity index (χ1n) is 45.0. The fraction of sp³-hybridized carbons (Fsp3) is 0.606. The number of likely N-dealkylation sites (tertiary alicyclic amines) is 2. The fourth-order valence-electron chi connectivity index (χ4n) is 20.8. The van der Waals surface area contributed by atoms with E-state index in [1.807, 2.05) is 37.5 Å². The molecular weight excluding hydrogens is 1620 g/mol. The number of aliphatic hydroxyl groups is 3. The Morgan fingerprint density at radius 2 is 1.18 bits per heavy atom. The summed E-state index contributed by atoms with van der Waals surface area (Å²) in [6.07, 6.45) is 20.4. The lowest BCUT2D eigenvalue weighted by Crippen LogP contribution is -2.62. The number of aromatic nitrogens is 1. The molecule has 676 valence electrons. The van der Waals surface area contributed by atoms with Gasteiger partial charge in [-0.3, -0.25) is 47.9 Å². The zero-order valence-electron chi connectivity index (χ0n) is 73.2. The molecule has 4 aromatic rings. The number of ether oxygens (including phenoxy) is 1. The van der Waals surface area contributed by atoms with Crippen molar-refractivity contribution in [3.63, 3.8) is 0 Å². The van der Waals surface area contributed by atoms with Crippen LogP contribution < -0.4 is 47.9 Å². The van der Waals surface area contributed by atoms with Gasteiger partial charge in [0.25, 0.3) is 5.91 Å². The second-order valence-corrected chi connectivity index (χ2v) is 37.4. The number of aliphatic hydroxyl groups excluding tert-OH is 3. The number of nitrogens with one attached hydrogen (secondary N) is 10. The number of thiol groups is 2. The number of para-hydroxylation sites is 1. The third-order valence-corrected chi connectivity index (χ3v) is 28.4. The van der Waals surface area contributed by atoms with E-state index in [0.717, 1.165) is 37.0 Å². The first kappa shape index (κ1) is 95.4. The summed E-state index contributed by atoms with van der Waals surface area (Å²) in [6, 6.07) is 11.6. The number of carbonyl (C=O) groups excluding carboxylic acids is 11. The van der Waals surface area contributed by atoms with Crippen LogP contribution in [-0.2, 0) is 71.9 Å². The molecule has 4 heterocycles. The van der Waals surface area contributed by atoms with Crippen LogP contribution in [0.25, 0.3) is 10.9 Å². The minimum atomic E-state index is -1.76. The highest BCUT2D eigenvalue weighted by molar-refractivity contribution is 7.80. The Labute approximate surface area is 740 Å². The van der Waals surface area contributed by atoms with Gasteiger partial charge in [0.05, 0.1) is 24.9 Å². The van der Waals surface area contributed by atoms with Crippen molar-refractivity contribution in [1.82, 2.24) is 67.5 Å². The quantitative estimate of drug-likeness (QED) is 0.0115. The molecule has 13 N–H and O–H groups in total. The number of carbonyl (C=O) groups is 11. The number of fused-ring (bicyclic) bond motifs is 6. The maximum atomic E-state index is 15.5. The Morgan fingerprint density at radius 1 is 0.589 bits per heavy atom. The first-order valence-corrected chi connectivity index (χ1v) is 46.3. The number of benzene rings is 3. The zero-order valence-corrected chi connectivity index (χ0v) is 75.0. The Bertz CT molecular complexity index is 4470. The van der Waals surface area contributed by atoms with E-state index in [0.29, 0.717) is 95.0 Å². The van der Waals surface area contributed by atoms with Crippen LogP contribution in [0.3, 0.4) is 0 Å². The Kier molecular flexibility index (Phi) is 34.1. The van der Waals surface area contributed by atoms with Crippen LogP contribution in [0.15, 0.2) is 127 Å². The highest BCUT2D eigenvalue weighted by Crippen LogP contribution is 2.67. The molecule has 30 heteroatoms. The van der Waals surface area contributed by atoms with E-state index in [1.165, 1.54) is 69.3 Å². The van der Waals surface area contributed by atoms with Crippen LogP contribution in [0.4, 0.5) is 4.79 Å². The molecular formula is C94H133N13O15S2. The normalized spacial score (nSPS) is 24.8. The average Bonchev–Trinajstić information content (AvgIpc) is 1.44. The molecule has 2 saturated heterocycles. The van der Waals surface area contributed by atoms with Gasteiger partial charge in [0, 0.05) is 92.7 Å². The summed E-state index contributed by atoms with van der Waals surface area (Å²) in [5, 5.41) is 56.6. The van der Waals surface area contributed by atoms with Crippen LogP contribution in [0.1, 0.15) is 187 Å². The number of hydrogen-bond acceptors (Lipinski definition) is 18. The Morgan fingerprint density at radius 3 is 1.81 bits per heavy atom. The van der Waals surface area contributed by atoms with Gasteiger partial charge in [-0.25, -0.2) is 4.79 Å². The average molecular weight is 1750 g/mol. The summed E-state index contributed by atoms with van der Waals surface area (Å²) in [4.78, 5) is 168. The van der Waals surface area contributed by atoms with E-state index in [1.54, 1.807) is 88.9 Å². The third kappa shape index (κ3) is 23.9. The molecule has 5 fully saturated rings. The van der Waals surface area contributed by atoms with Crippen molar-refractivity contribution >= 4 is 101 Å². The molecule has 7 aliphatic rings. The fourth-order valence-corrected chi connectivity index (χ4v) is 21.3. The number of rotatable bonds is 40. The van der Waals surface area contributed by atoms with Crippen molar-refractivity contribution in [2.75, 3.05) is 44.8 Å². The van der Waals surface area contributed by atoms with Crippen LogP contribution in [0, 0.1) is 46.3 Å². The highest BCUT2D eigenvalue weighted by atomic mass is 32.1. The van der Waals surface area contributed by atoms with E-state index in [2.05, 4.69) is 119 Å². The number of allylic oxidation sites excluding steroid dienone is 2. The van der Waals surface area contributed by atoms with Gasteiger partial charge in [0.15, 0.2) is 0 Å². The van der Waals surface area contributed by atoms with Crippen molar-refractivity contribution in [3.8, 4) is 0 Å². The predicted molar refractivity (Wildman–Crippen MR) is 480 cm³/mol. The Balaban J connectivity index is 0.785. The maximum absolute atomic E-state index is 15.5. The third-order valence-electron chi connectivity index (χ3n) is 27.7. The molecule has 3 aromatic carbocycles. The van der Waals surface area contributed by atoms with E-state index in [4.69, 9.17) is 4.74 Å². The standard InChI is InChI=1S/C94H133N13O15S2/c1-56(2)23-19-24-57(3)68-37-38-69-67-36-35-64-50-65(39-41-93(64,6)70(67)40-42-94(68,69)7)122-92(121)95-43-18-17-32-72(82(111)104-81(59(5)110)89(118)103-78(55-124)87(116)101-76(53-108)58(4)109)97-85(114)75(49-63-51-96-71-31-16-15-30-66(63)71)99-83(112)73(47-60-25-11-9-12-26-60)98-86(115)77(54-123)102-84(113)74(48-61-27-13-10-14-28-61)100-88(117)79-33-21-45-106(79)91(120)80-34-22-46-107(80)90(119)62-29-20-44-105(8)52-62/h9-16,20,25-28,30-31,35,44,51-52,56-59,65,67-70,72-81,96,108-110,123-124H,17-19,21-24,29,32-34,36-43,45-50,53-55H2,1-8H3,(H,95,121)(H,97,114)(H,98,115)(H,99,112)(H,100,117)(H,101,116)(H,102,113)(H,103,118)(H,104,111)/t57?,58-,59-,65+,67?,68?,69?,70?,72+,73+,74-,75-,76-,77+,78+,79+,80+,81+,93?,94?/m1/s1. The number of alkyl carbamates (subject to hydrolysis) is 1. The minimum Gasteiger partial charge on any atom is -0.446 e. The van der Waals surface area contributed by atoms with Gasteiger partial charge < -0.3 is 87.6 Å². The van der Waals surface area contributed by atoms with E-state index < -0.39 is 133 Å². The van der Waals surface area contributed by atoms with Crippen molar-refractivity contribution in [3.05, 3.63) is 144 Å². The summed E-state index contributed by atoms with van der Waals surface area (Å²) in [5.41, 5.74) is 4.84. The molecule has 20 atom stereocenters. The lowest BCUT2D eigenvalue weighted by Gasteiger charge is -2.58.